The summed E-state index contributed by atoms with van der Waals surface area (Å²) in [5, 5.41) is 0.794. The number of pyridine rings is 1. The predicted molar refractivity (Wildman–Crippen MR) is 93.8 cm³/mol. The maximum Gasteiger partial charge on any atom is 0.294 e. The van der Waals surface area contributed by atoms with Crippen molar-refractivity contribution in [3.05, 3.63) is 53.5 Å². The molecule has 0 saturated heterocycles. The SMILES string of the molecule is CCN(C(=O)c1cc2c(OC)cccc2o1)c1cc(C)ncc1C. The summed E-state index contributed by atoms with van der Waals surface area (Å²) in [6.45, 7) is 6.33. The first-order valence-electron chi connectivity index (χ1n) is 7.86. The Morgan fingerprint density at radius 1 is 1.29 bits per heavy atom. The molecular weight excluding hydrogens is 304 g/mol. The molecule has 0 aliphatic rings. The Labute approximate surface area is 140 Å². The normalized spacial score (nSPS) is 10.8. The van der Waals surface area contributed by atoms with Crippen LogP contribution >= 0.6 is 0 Å². The number of hydrogen-bond acceptors (Lipinski definition) is 4. The molecule has 2 heterocycles. The number of amides is 1. The quantitative estimate of drug-likeness (QED) is 0.724. The fraction of sp³-hybridized carbons (Fsp3) is 0.263. The van der Waals surface area contributed by atoms with Gasteiger partial charge in [0.05, 0.1) is 18.2 Å². The number of methoxy groups -OCH3 is 1. The Bertz CT molecular complexity index is 899. The topological polar surface area (TPSA) is 55.6 Å². The van der Waals surface area contributed by atoms with E-state index in [0.717, 1.165) is 22.3 Å². The van der Waals surface area contributed by atoms with Gasteiger partial charge in [0.1, 0.15) is 11.3 Å². The molecule has 0 radical (unpaired) electrons. The zero-order valence-electron chi connectivity index (χ0n) is 14.3. The molecule has 5 nitrogen and oxygen atoms in total. The van der Waals surface area contributed by atoms with Crippen molar-refractivity contribution >= 4 is 22.6 Å². The fourth-order valence-corrected chi connectivity index (χ4v) is 2.78. The summed E-state index contributed by atoms with van der Waals surface area (Å²) in [6.07, 6.45) is 1.78. The number of aromatic nitrogens is 1. The molecule has 0 N–H and O–H groups in total. The number of carbonyl (C=O) groups excluding carboxylic acids is 1. The van der Waals surface area contributed by atoms with Crippen molar-refractivity contribution in [2.75, 3.05) is 18.6 Å². The van der Waals surface area contributed by atoms with Gasteiger partial charge in [-0.25, -0.2) is 0 Å². The van der Waals surface area contributed by atoms with Gasteiger partial charge in [0, 0.05) is 24.5 Å². The van der Waals surface area contributed by atoms with Gasteiger partial charge < -0.3 is 14.1 Å². The first-order chi connectivity index (χ1) is 11.5. The van der Waals surface area contributed by atoms with E-state index in [1.165, 1.54) is 0 Å². The summed E-state index contributed by atoms with van der Waals surface area (Å²) in [5.74, 6) is 0.809. The molecule has 0 aliphatic heterocycles. The predicted octanol–water partition coefficient (Wildman–Crippen LogP) is 4.12. The van der Waals surface area contributed by atoms with E-state index in [2.05, 4.69) is 4.98 Å². The summed E-state index contributed by atoms with van der Waals surface area (Å²) >= 11 is 0. The van der Waals surface area contributed by atoms with Crippen LogP contribution < -0.4 is 9.64 Å². The maximum absolute atomic E-state index is 13.0. The lowest BCUT2D eigenvalue weighted by atomic mass is 10.2. The first kappa shape index (κ1) is 16.1. The van der Waals surface area contributed by atoms with Crippen molar-refractivity contribution < 1.29 is 13.9 Å². The van der Waals surface area contributed by atoms with Crippen LogP contribution in [0.1, 0.15) is 28.7 Å². The number of anilines is 1. The molecule has 124 valence electrons. The second-order valence-electron chi connectivity index (χ2n) is 5.64. The maximum atomic E-state index is 13.0. The molecule has 0 fully saturated rings. The molecule has 2 aromatic heterocycles. The number of hydrogen-bond donors (Lipinski definition) is 0. The van der Waals surface area contributed by atoms with Crippen LogP contribution in [-0.4, -0.2) is 24.5 Å². The van der Waals surface area contributed by atoms with E-state index in [1.54, 1.807) is 24.3 Å². The van der Waals surface area contributed by atoms with Crippen molar-refractivity contribution in [3.8, 4) is 5.75 Å². The van der Waals surface area contributed by atoms with Gasteiger partial charge in [0.15, 0.2) is 5.76 Å². The van der Waals surface area contributed by atoms with Crippen molar-refractivity contribution in [3.63, 3.8) is 0 Å². The molecule has 1 amide bonds. The Kier molecular flexibility index (Phi) is 4.25. The van der Waals surface area contributed by atoms with E-state index in [1.807, 2.05) is 45.0 Å². The molecule has 0 unspecified atom stereocenters. The molecule has 3 rings (SSSR count). The molecule has 0 aliphatic carbocycles. The minimum atomic E-state index is -0.176. The van der Waals surface area contributed by atoms with Crippen LogP contribution in [-0.2, 0) is 0 Å². The Morgan fingerprint density at radius 3 is 2.79 bits per heavy atom. The summed E-state index contributed by atoms with van der Waals surface area (Å²) in [4.78, 5) is 19.0. The van der Waals surface area contributed by atoms with Crippen molar-refractivity contribution in [2.24, 2.45) is 0 Å². The zero-order valence-corrected chi connectivity index (χ0v) is 14.3. The number of benzene rings is 1. The third-order valence-electron chi connectivity index (χ3n) is 4.02. The lowest BCUT2D eigenvalue weighted by Crippen LogP contribution is -2.31. The molecule has 3 aromatic rings. The van der Waals surface area contributed by atoms with Crippen molar-refractivity contribution in [1.82, 2.24) is 4.98 Å². The summed E-state index contributed by atoms with van der Waals surface area (Å²) in [6, 6.07) is 9.17. The van der Waals surface area contributed by atoms with Gasteiger partial charge in [-0.15, -0.1) is 0 Å². The standard InChI is InChI=1S/C19H20N2O3/c1-5-21(15-9-13(3)20-11-12(15)2)19(22)18-10-14-16(23-4)7-6-8-17(14)24-18/h6-11H,5H2,1-4H3. The minimum absolute atomic E-state index is 0.176. The Hall–Kier alpha value is -2.82. The van der Waals surface area contributed by atoms with E-state index >= 15 is 0 Å². The molecule has 1 aromatic carbocycles. The van der Waals surface area contributed by atoms with Gasteiger partial charge in [0.2, 0.25) is 0 Å². The third-order valence-corrected chi connectivity index (χ3v) is 4.02. The van der Waals surface area contributed by atoms with Crippen LogP contribution in [0.3, 0.4) is 0 Å². The minimum Gasteiger partial charge on any atom is -0.496 e. The Morgan fingerprint density at radius 2 is 2.08 bits per heavy atom. The molecule has 0 bridgehead atoms. The Balaban J connectivity index is 2.05. The van der Waals surface area contributed by atoms with Crippen LogP contribution in [0.15, 0.2) is 40.9 Å². The van der Waals surface area contributed by atoms with E-state index in [9.17, 15) is 4.79 Å². The number of furan rings is 1. The summed E-state index contributed by atoms with van der Waals surface area (Å²) in [7, 11) is 1.60. The number of ether oxygens (including phenoxy) is 1. The summed E-state index contributed by atoms with van der Waals surface area (Å²) in [5.41, 5.74) is 3.30. The number of fused-ring (bicyclic) bond motifs is 1. The molecule has 0 saturated carbocycles. The molecular formula is C19H20N2O3. The van der Waals surface area contributed by atoms with E-state index in [4.69, 9.17) is 9.15 Å². The van der Waals surface area contributed by atoms with Gasteiger partial charge in [-0.2, -0.15) is 0 Å². The molecule has 24 heavy (non-hydrogen) atoms. The molecule has 0 atom stereocenters. The second-order valence-corrected chi connectivity index (χ2v) is 5.64. The van der Waals surface area contributed by atoms with Crippen LogP contribution in [0.5, 0.6) is 5.75 Å². The van der Waals surface area contributed by atoms with E-state index < -0.39 is 0 Å². The van der Waals surface area contributed by atoms with Gasteiger partial charge in [-0.05, 0) is 44.5 Å². The van der Waals surface area contributed by atoms with Gasteiger partial charge in [-0.1, -0.05) is 6.07 Å². The molecule has 0 spiro atoms. The van der Waals surface area contributed by atoms with E-state index in [0.29, 0.717) is 23.6 Å². The van der Waals surface area contributed by atoms with E-state index in [-0.39, 0.29) is 5.91 Å². The highest BCUT2D eigenvalue weighted by atomic mass is 16.5. The highest BCUT2D eigenvalue weighted by Crippen LogP contribution is 2.30. The number of aryl methyl sites for hydroxylation is 2. The van der Waals surface area contributed by atoms with Crippen molar-refractivity contribution in [2.45, 2.75) is 20.8 Å². The number of nitrogens with zero attached hydrogens (tertiary/aromatic N) is 2. The molecule has 5 heteroatoms. The smallest absolute Gasteiger partial charge is 0.294 e. The fourth-order valence-electron chi connectivity index (χ4n) is 2.78. The average Bonchev–Trinajstić information content (AvgIpc) is 3.02. The summed E-state index contributed by atoms with van der Waals surface area (Å²) < 4.78 is 11.1. The number of carbonyl (C=O) groups is 1. The highest BCUT2D eigenvalue weighted by molar-refractivity contribution is 6.07. The first-order valence-corrected chi connectivity index (χ1v) is 7.86. The monoisotopic (exact) mass is 324 g/mol. The second kappa shape index (κ2) is 6.35. The largest absolute Gasteiger partial charge is 0.496 e. The van der Waals surface area contributed by atoms with Gasteiger partial charge in [0.25, 0.3) is 5.91 Å². The zero-order chi connectivity index (χ0) is 17.3. The number of rotatable bonds is 4. The van der Waals surface area contributed by atoms with Crippen LogP contribution in [0.4, 0.5) is 5.69 Å². The van der Waals surface area contributed by atoms with Crippen LogP contribution in [0.2, 0.25) is 0 Å². The van der Waals surface area contributed by atoms with Crippen molar-refractivity contribution in [1.29, 1.82) is 0 Å². The lowest BCUT2D eigenvalue weighted by molar-refractivity contribution is 0.0963. The average molecular weight is 324 g/mol. The third kappa shape index (κ3) is 2.73. The highest BCUT2D eigenvalue weighted by Gasteiger charge is 2.22. The van der Waals surface area contributed by atoms with Crippen LogP contribution in [0, 0.1) is 13.8 Å². The van der Waals surface area contributed by atoms with Crippen LogP contribution in [0.25, 0.3) is 11.0 Å². The van der Waals surface area contributed by atoms with Gasteiger partial charge >= 0.3 is 0 Å². The lowest BCUT2D eigenvalue weighted by Gasteiger charge is -2.22. The van der Waals surface area contributed by atoms with Gasteiger partial charge in [-0.3, -0.25) is 9.78 Å².